The first kappa shape index (κ1) is 15.6. The Morgan fingerprint density at radius 3 is 2.79 bits per heavy atom. The van der Waals surface area contributed by atoms with Gasteiger partial charge in [-0.05, 0) is 19.8 Å². The number of methoxy groups -OCH3 is 1. The second-order valence-corrected chi connectivity index (χ2v) is 4.42. The van der Waals surface area contributed by atoms with Crippen LogP contribution in [0.4, 0.5) is 0 Å². The van der Waals surface area contributed by atoms with E-state index in [-0.39, 0.29) is 17.3 Å². The zero-order valence-electron chi connectivity index (χ0n) is 11.1. The molecule has 0 amide bonds. The van der Waals surface area contributed by atoms with Gasteiger partial charge in [0.25, 0.3) is 5.56 Å². The third-order valence-corrected chi connectivity index (χ3v) is 2.78. The van der Waals surface area contributed by atoms with Gasteiger partial charge in [0.15, 0.2) is 5.75 Å². The van der Waals surface area contributed by atoms with Crippen LogP contribution in [0.1, 0.15) is 26.2 Å². The molecule has 1 aromatic heterocycles. The van der Waals surface area contributed by atoms with Crippen molar-refractivity contribution in [3.8, 4) is 5.75 Å². The lowest BCUT2D eigenvalue weighted by Gasteiger charge is -2.08. The summed E-state index contributed by atoms with van der Waals surface area (Å²) in [5.74, 6) is 0.0106. The maximum Gasteiger partial charge on any atom is 0.305 e. The first-order valence-corrected chi connectivity index (χ1v) is 6.56. The van der Waals surface area contributed by atoms with E-state index in [0.29, 0.717) is 37.4 Å². The number of halogens is 1. The highest BCUT2D eigenvalue weighted by molar-refractivity contribution is 6.30. The number of nitrogens with zero attached hydrogens (tertiary/aromatic N) is 1. The average molecular weight is 288 g/mol. The predicted molar refractivity (Wildman–Crippen MR) is 72.7 cm³/mol. The van der Waals surface area contributed by atoms with Gasteiger partial charge in [-0.3, -0.25) is 9.59 Å². The quantitative estimate of drug-likeness (QED) is 0.570. The number of hydrogen-bond acceptors (Lipinski definition) is 4. The van der Waals surface area contributed by atoms with Gasteiger partial charge in [-0.2, -0.15) is 0 Å². The van der Waals surface area contributed by atoms with Crippen molar-refractivity contribution in [2.75, 3.05) is 13.7 Å². The number of ether oxygens (including phenoxy) is 2. The number of hydrogen-bond donors (Lipinski definition) is 0. The van der Waals surface area contributed by atoms with Crippen molar-refractivity contribution in [1.82, 2.24) is 4.57 Å². The van der Waals surface area contributed by atoms with Crippen LogP contribution in [-0.2, 0) is 16.1 Å². The summed E-state index contributed by atoms with van der Waals surface area (Å²) >= 11 is 5.89. The SMILES string of the molecule is CCOC(=O)CCCCn1cc(Cl)cc(OC)c1=O. The Labute approximate surface area is 117 Å². The van der Waals surface area contributed by atoms with Crippen molar-refractivity contribution in [3.05, 3.63) is 27.6 Å². The first-order valence-electron chi connectivity index (χ1n) is 6.18. The lowest BCUT2D eigenvalue weighted by atomic mass is 10.2. The van der Waals surface area contributed by atoms with Gasteiger partial charge in [0.1, 0.15) is 0 Å². The van der Waals surface area contributed by atoms with E-state index in [0.717, 1.165) is 0 Å². The molecule has 0 atom stereocenters. The van der Waals surface area contributed by atoms with Crippen LogP contribution in [0.5, 0.6) is 5.75 Å². The Balaban J connectivity index is 2.52. The molecule has 6 heteroatoms. The monoisotopic (exact) mass is 287 g/mol. The van der Waals surface area contributed by atoms with E-state index in [1.54, 1.807) is 13.1 Å². The minimum Gasteiger partial charge on any atom is -0.491 e. The maximum atomic E-state index is 11.9. The second-order valence-electron chi connectivity index (χ2n) is 3.99. The van der Waals surface area contributed by atoms with Crippen molar-refractivity contribution in [3.63, 3.8) is 0 Å². The molecule has 0 aliphatic rings. The number of pyridine rings is 1. The number of carbonyl (C=O) groups is 1. The third kappa shape index (κ3) is 4.95. The molecule has 0 aliphatic carbocycles. The van der Waals surface area contributed by atoms with Gasteiger partial charge in [-0.25, -0.2) is 0 Å². The summed E-state index contributed by atoms with van der Waals surface area (Å²) in [7, 11) is 1.43. The van der Waals surface area contributed by atoms with Gasteiger partial charge in [0, 0.05) is 25.2 Å². The molecule has 1 heterocycles. The smallest absolute Gasteiger partial charge is 0.305 e. The molecular weight excluding hydrogens is 270 g/mol. The number of esters is 1. The summed E-state index contributed by atoms with van der Waals surface area (Å²) in [6.07, 6.45) is 3.29. The van der Waals surface area contributed by atoms with E-state index in [1.807, 2.05) is 0 Å². The number of aromatic nitrogens is 1. The summed E-state index contributed by atoms with van der Waals surface area (Å²) in [6, 6.07) is 1.49. The molecule has 0 spiro atoms. The minimum atomic E-state index is -0.219. The van der Waals surface area contributed by atoms with E-state index in [1.165, 1.54) is 17.7 Å². The van der Waals surface area contributed by atoms with E-state index in [4.69, 9.17) is 21.1 Å². The van der Waals surface area contributed by atoms with Gasteiger partial charge >= 0.3 is 5.97 Å². The highest BCUT2D eigenvalue weighted by atomic mass is 35.5. The molecule has 0 unspecified atom stereocenters. The summed E-state index contributed by atoms with van der Waals surface area (Å²) in [4.78, 5) is 23.0. The van der Waals surface area contributed by atoms with Crippen LogP contribution < -0.4 is 10.3 Å². The topological polar surface area (TPSA) is 57.5 Å². The van der Waals surface area contributed by atoms with Gasteiger partial charge < -0.3 is 14.0 Å². The fourth-order valence-electron chi connectivity index (χ4n) is 1.67. The number of unbranched alkanes of at least 4 members (excludes halogenated alkanes) is 1. The lowest BCUT2D eigenvalue weighted by Crippen LogP contribution is -2.21. The Hall–Kier alpha value is -1.49. The molecule has 0 aromatic carbocycles. The zero-order valence-corrected chi connectivity index (χ0v) is 11.9. The fourth-order valence-corrected chi connectivity index (χ4v) is 1.89. The molecular formula is C13H18ClNO4. The summed E-state index contributed by atoms with van der Waals surface area (Å²) in [6.45, 7) is 2.66. The van der Waals surface area contributed by atoms with Crippen LogP contribution in [0.3, 0.4) is 0 Å². The molecule has 1 rings (SSSR count). The predicted octanol–water partition coefficient (Wildman–Crippen LogP) is 2.24. The Kier molecular flexibility index (Phi) is 6.42. The fraction of sp³-hybridized carbons (Fsp3) is 0.538. The summed E-state index contributed by atoms with van der Waals surface area (Å²) in [5.41, 5.74) is -0.219. The standard InChI is InChI=1S/C13H18ClNO4/c1-3-19-12(16)6-4-5-7-15-9-10(14)8-11(18-2)13(15)17/h8-9H,3-7H2,1-2H3. The van der Waals surface area contributed by atoms with Crippen LogP contribution in [0.2, 0.25) is 5.02 Å². The molecule has 5 nitrogen and oxygen atoms in total. The average Bonchev–Trinajstić information content (AvgIpc) is 2.38. The molecule has 106 valence electrons. The molecule has 0 N–H and O–H groups in total. The summed E-state index contributed by atoms with van der Waals surface area (Å²) in [5, 5.41) is 0.446. The van der Waals surface area contributed by atoms with Crippen LogP contribution in [0, 0.1) is 0 Å². The van der Waals surface area contributed by atoms with Gasteiger partial charge in [0.2, 0.25) is 0 Å². The van der Waals surface area contributed by atoms with E-state index in [2.05, 4.69) is 0 Å². The van der Waals surface area contributed by atoms with Crippen LogP contribution in [-0.4, -0.2) is 24.3 Å². The number of aryl methyl sites for hydroxylation is 1. The summed E-state index contributed by atoms with van der Waals surface area (Å²) < 4.78 is 11.3. The van der Waals surface area contributed by atoms with Crippen LogP contribution in [0.25, 0.3) is 0 Å². The lowest BCUT2D eigenvalue weighted by molar-refractivity contribution is -0.143. The largest absolute Gasteiger partial charge is 0.491 e. The normalized spacial score (nSPS) is 10.3. The molecule has 0 bridgehead atoms. The molecule has 19 heavy (non-hydrogen) atoms. The van der Waals surface area contributed by atoms with Crippen molar-refractivity contribution in [2.24, 2.45) is 0 Å². The van der Waals surface area contributed by atoms with Crippen LogP contribution in [0.15, 0.2) is 17.1 Å². The molecule has 0 saturated carbocycles. The Morgan fingerprint density at radius 2 is 2.16 bits per heavy atom. The Bertz CT molecular complexity index is 484. The van der Waals surface area contributed by atoms with Crippen molar-refractivity contribution >= 4 is 17.6 Å². The van der Waals surface area contributed by atoms with E-state index in [9.17, 15) is 9.59 Å². The van der Waals surface area contributed by atoms with E-state index < -0.39 is 0 Å². The maximum absolute atomic E-state index is 11.9. The highest BCUT2D eigenvalue weighted by Crippen LogP contribution is 2.13. The molecule has 0 radical (unpaired) electrons. The van der Waals surface area contributed by atoms with Crippen LogP contribution >= 0.6 is 11.6 Å². The molecule has 0 aliphatic heterocycles. The van der Waals surface area contributed by atoms with Gasteiger partial charge in [-0.1, -0.05) is 11.6 Å². The molecule has 0 saturated heterocycles. The number of carbonyl (C=O) groups excluding carboxylic acids is 1. The van der Waals surface area contributed by atoms with Crippen molar-refractivity contribution in [1.29, 1.82) is 0 Å². The van der Waals surface area contributed by atoms with Crippen molar-refractivity contribution in [2.45, 2.75) is 32.7 Å². The highest BCUT2D eigenvalue weighted by Gasteiger charge is 2.06. The number of rotatable bonds is 7. The third-order valence-electron chi connectivity index (χ3n) is 2.57. The van der Waals surface area contributed by atoms with Crippen molar-refractivity contribution < 1.29 is 14.3 Å². The first-order chi connectivity index (χ1) is 9.08. The second kappa shape index (κ2) is 7.84. The van der Waals surface area contributed by atoms with Gasteiger partial charge in [0.05, 0.1) is 18.7 Å². The zero-order chi connectivity index (χ0) is 14.3. The Morgan fingerprint density at radius 1 is 1.42 bits per heavy atom. The molecule has 1 aromatic rings. The molecule has 0 fully saturated rings. The van der Waals surface area contributed by atoms with E-state index >= 15 is 0 Å². The van der Waals surface area contributed by atoms with Gasteiger partial charge in [-0.15, -0.1) is 0 Å². The minimum absolute atomic E-state index is 0.210.